The van der Waals surface area contributed by atoms with Crippen LogP contribution in [-0.4, -0.2) is 32.6 Å². The van der Waals surface area contributed by atoms with E-state index in [1.807, 2.05) is 35.8 Å². The molecular formula is C14H12N4O2. The summed E-state index contributed by atoms with van der Waals surface area (Å²) in [5.74, 6) is 0.808. The van der Waals surface area contributed by atoms with E-state index < -0.39 is 5.97 Å². The van der Waals surface area contributed by atoms with Crippen molar-refractivity contribution in [1.29, 1.82) is 0 Å². The quantitative estimate of drug-likeness (QED) is 0.664. The summed E-state index contributed by atoms with van der Waals surface area (Å²) in [4.78, 5) is 24.3. The summed E-state index contributed by atoms with van der Waals surface area (Å²) in [5, 5.41) is 0. The fraction of sp³-hybridized carbons (Fsp3) is 0.143. The second kappa shape index (κ2) is 4.73. The number of carbonyl (C=O) groups excluding carboxylic acids is 1. The molecule has 0 aliphatic rings. The van der Waals surface area contributed by atoms with Gasteiger partial charge in [0.05, 0.1) is 30.5 Å². The Balaban J connectivity index is 2.21. The van der Waals surface area contributed by atoms with Crippen molar-refractivity contribution >= 4 is 17.0 Å². The van der Waals surface area contributed by atoms with Crippen molar-refractivity contribution in [1.82, 2.24) is 19.5 Å². The van der Waals surface area contributed by atoms with Crippen molar-refractivity contribution in [2.75, 3.05) is 7.11 Å². The average Bonchev–Trinajstić information content (AvgIpc) is 2.82. The molecule has 20 heavy (non-hydrogen) atoms. The molecule has 0 fully saturated rings. The van der Waals surface area contributed by atoms with Crippen LogP contribution in [0, 0.1) is 6.92 Å². The summed E-state index contributed by atoms with van der Waals surface area (Å²) in [5.41, 5.74) is 1.96. The van der Waals surface area contributed by atoms with Gasteiger partial charge in [-0.3, -0.25) is 9.55 Å². The molecule has 0 radical (unpaired) electrons. The first-order valence-corrected chi connectivity index (χ1v) is 6.05. The van der Waals surface area contributed by atoms with Crippen LogP contribution < -0.4 is 0 Å². The lowest BCUT2D eigenvalue weighted by atomic mass is 10.3. The van der Waals surface area contributed by atoms with E-state index in [1.165, 1.54) is 13.3 Å². The number of methoxy groups -OCH3 is 1. The second-order valence-electron chi connectivity index (χ2n) is 4.24. The number of rotatable bonds is 2. The number of hydrogen-bond acceptors (Lipinski definition) is 5. The largest absolute Gasteiger partial charge is 0.464 e. The van der Waals surface area contributed by atoms with Crippen LogP contribution in [-0.2, 0) is 4.74 Å². The number of nitrogens with zero attached hydrogens (tertiary/aromatic N) is 4. The smallest absolute Gasteiger partial charge is 0.358 e. The van der Waals surface area contributed by atoms with Crippen LogP contribution >= 0.6 is 0 Å². The molecule has 3 aromatic rings. The number of esters is 1. The third-order valence-corrected chi connectivity index (χ3v) is 2.97. The minimum atomic E-state index is -0.513. The Morgan fingerprint density at radius 3 is 2.80 bits per heavy atom. The molecule has 0 amide bonds. The molecule has 3 rings (SSSR count). The van der Waals surface area contributed by atoms with Crippen molar-refractivity contribution in [2.45, 2.75) is 6.92 Å². The van der Waals surface area contributed by atoms with E-state index >= 15 is 0 Å². The van der Waals surface area contributed by atoms with Gasteiger partial charge in [-0.05, 0) is 19.1 Å². The van der Waals surface area contributed by atoms with Crippen LogP contribution in [0.5, 0.6) is 0 Å². The van der Waals surface area contributed by atoms with Crippen molar-refractivity contribution in [2.24, 2.45) is 0 Å². The van der Waals surface area contributed by atoms with Crippen LogP contribution in [0.15, 0.2) is 36.7 Å². The van der Waals surface area contributed by atoms with Crippen molar-refractivity contribution < 1.29 is 9.53 Å². The minimum absolute atomic E-state index is 0.169. The van der Waals surface area contributed by atoms with E-state index in [4.69, 9.17) is 0 Å². The summed E-state index contributed by atoms with van der Waals surface area (Å²) in [6.45, 7) is 1.88. The fourth-order valence-electron chi connectivity index (χ4n) is 2.10. The van der Waals surface area contributed by atoms with Crippen molar-refractivity contribution in [3.63, 3.8) is 0 Å². The molecule has 2 aromatic heterocycles. The summed E-state index contributed by atoms with van der Waals surface area (Å²) in [6.07, 6.45) is 2.97. The molecule has 0 spiro atoms. The van der Waals surface area contributed by atoms with Crippen molar-refractivity contribution in [3.05, 3.63) is 48.2 Å². The third-order valence-electron chi connectivity index (χ3n) is 2.97. The molecule has 0 N–H and O–H groups in total. The maximum Gasteiger partial charge on any atom is 0.358 e. The number of hydrogen-bond donors (Lipinski definition) is 0. The van der Waals surface area contributed by atoms with Crippen LogP contribution in [0.3, 0.4) is 0 Å². The molecule has 100 valence electrons. The van der Waals surface area contributed by atoms with Gasteiger partial charge in [0, 0.05) is 0 Å². The highest BCUT2D eigenvalue weighted by Gasteiger charge is 2.13. The standard InChI is InChI=1S/C14H12N4O2/c1-9-16-10-5-3-4-6-12(10)18(9)13-8-15-7-11(17-13)14(19)20-2/h3-8H,1-2H3. The Labute approximate surface area is 115 Å². The average molecular weight is 268 g/mol. The number of benzene rings is 1. The van der Waals surface area contributed by atoms with E-state index in [-0.39, 0.29) is 5.69 Å². The summed E-state index contributed by atoms with van der Waals surface area (Å²) in [7, 11) is 1.31. The van der Waals surface area contributed by atoms with Gasteiger partial charge in [-0.25, -0.2) is 14.8 Å². The second-order valence-corrected chi connectivity index (χ2v) is 4.24. The molecular weight excluding hydrogens is 256 g/mol. The highest BCUT2D eigenvalue weighted by atomic mass is 16.5. The molecule has 0 saturated carbocycles. The SMILES string of the molecule is COC(=O)c1cncc(-n2c(C)nc3ccccc32)n1. The zero-order valence-electron chi connectivity index (χ0n) is 11.1. The molecule has 2 heterocycles. The monoisotopic (exact) mass is 268 g/mol. The Morgan fingerprint density at radius 2 is 2.00 bits per heavy atom. The number of aromatic nitrogens is 4. The number of carbonyl (C=O) groups is 1. The van der Waals surface area contributed by atoms with Crippen LogP contribution in [0.1, 0.15) is 16.3 Å². The summed E-state index contributed by atoms with van der Waals surface area (Å²) in [6, 6.07) is 7.73. The zero-order valence-corrected chi connectivity index (χ0v) is 11.1. The van der Waals surface area contributed by atoms with E-state index in [0.29, 0.717) is 5.82 Å². The van der Waals surface area contributed by atoms with Gasteiger partial charge >= 0.3 is 5.97 Å². The summed E-state index contributed by atoms with van der Waals surface area (Å²) < 4.78 is 6.52. The van der Waals surface area contributed by atoms with Gasteiger partial charge < -0.3 is 4.74 Å². The van der Waals surface area contributed by atoms with Crippen molar-refractivity contribution in [3.8, 4) is 5.82 Å². The van der Waals surface area contributed by atoms with E-state index in [1.54, 1.807) is 6.20 Å². The molecule has 0 bridgehead atoms. The van der Waals surface area contributed by atoms with Crippen LogP contribution in [0.4, 0.5) is 0 Å². The topological polar surface area (TPSA) is 69.9 Å². The van der Waals surface area contributed by atoms with E-state index in [2.05, 4.69) is 19.7 Å². The maximum atomic E-state index is 11.5. The van der Waals surface area contributed by atoms with Gasteiger partial charge in [0.1, 0.15) is 5.82 Å². The van der Waals surface area contributed by atoms with Gasteiger partial charge in [0.15, 0.2) is 11.5 Å². The fourth-order valence-corrected chi connectivity index (χ4v) is 2.10. The molecule has 0 aliphatic heterocycles. The van der Waals surface area contributed by atoms with Gasteiger partial charge in [-0.15, -0.1) is 0 Å². The van der Waals surface area contributed by atoms with E-state index in [0.717, 1.165) is 16.9 Å². The van der Waals surface area contributed by atoms with Gasteiger partial charge in [0.25, 0.3) is 0 Å². The maximum absolute atomic E-state index is 11.5. The number of ether oxygens (including phenoxy) is 1. The molecule has 0 saturated heterocycles. The lowest BCUT2D eigenvalue weighted by molar-refractivity contribution is 0.0593. The summed E-state index contributed by atoms with van der Waals surface area (Å²) >= 11 is 0. The third kappa shape index (κ3) is 1.91. The number of imidazole rings is 1. The predicted octanol–water partition coefficient (Wildman–Crippen LogP) is 1.91. The normalized spacial score (nSPS) is 10.7. The Hall–Kier alpha value is -2.76. The van der Waals surface area contributed by atoms with Gasteiger partial charge in [-0.2, -0.15) is 0 Å². The predicted molar refractivity (Wildman–Crippen MR) is 72.7 cm³/mol. The van der Waals surface area contributed by atoms with Gasteiger partial charge in [-0.1, -0.05) is 12.1 Å². The Bertz CT molecular complexity index is 795. The zero-order chi connectivity index (χ0) is 14.1. The van der Waals surface area contributed by atoms with Crippen LogP contribution in [0.2, 0.25) is 0 Å². The highest BCUT2D eigenvalue weighted by Crippen LogP contribution is 2.19. The highest BCUT2D eigenvalue weighted by molar-refractivity contribution is 5.87. The molecule has 6 nitrogen and oxygen atoms in total. The molecule has 0 atom stereocenters. The number of para-hydroxylation sites is 2. The van der Waals surface area contributed by atoms with E-state index in [9.17, 15) is 4.79 Å². The van der Waals surface area contributed by atoms with Gasteiger partial charge in [0.2, 0.25) is 0 Å². The Kier molecular flexibility index (Phi) is 2.90. The first kappa shape index (κ1) is 12.3. The lowest BCUT2D eigenvalue weighted by Crippen LogP contribution is -2.09. The first-order chi connectivity index (χ1) is 9.70. The molecule has 0 aliphatic carbocycles. The number of fused-ring (bicyclic) bond motifs is 1. The Morgan fingerprint density at radius 1 is 1.20 bits per heavy atom. The van der Waals surface area contributed by atoms with Crippen LogP contribution in [0.25, 0.3) is 16.9 Å². The molecule has 6 heteroatoms. The number of aryl methyl sites for hydroxylation is 1. The minimum Gasteiger partial charge on any atom is -0.464 e. The molecule has 0 unspecified atom stereocenters. The lowest BCUT2D eigenvalue weighted by Gasteiger charge is -2.06. The molecule has 1 aromatic carbocycles. The first-order valence-electron chi connectivity index (χ1n) is 6.05.